The molecule has 0 atom stereocenters. The fourth-order valence-corrected chi connectivity index (χ4v) is 8.83. The van der Waals surface area contributed by atoms with E-state index in [1.807, 2.05) is 11.3 Å². The standard InChI is InChI=1S/C48H31NS/c1-2-11-34(12-3-1)42-28-29-45(47-43-16-8-9-17-46(43)50-48(42)47)49(40-27-24-36-20-19-35-13-6-7-15-41(35)44(36)31-40)39-25-22-33(23-26-39)38-21-18-32-10-4-5-14-37(32)30-38/h1-31H. The van der Waals surface area contributed by atoms with Crippen molar-refractivity contribution in [2.45, 2.75) is 0 Å². The quantitative estimate of drug-likeness (QED) is 0.167. The Kier molecular flexibility index (Phi) is 6.75. The van der Waals surface area contributed by atoms with E-state index in [9.17, 15) is 0 Å². The molecule has 10 aromatic rings. The van der Waals surface area contributed by atoms with Crippen molar-refractivity contribution in [3.63, 3.8) is 0 Å². The van der Waals surface area contributed by atoms with Crippen molar-refractivity contribution in [2.24, 2.45) is 0 Å². The molecule has 0 radical (unpaired) electrons. The van der Waals surface area contributed by atoms with Crippen LogP contribution in [0.3, 0.4) is 0 Å². The van der Waals surface area contributed by atoms with Gasteiger partial charge in [0.15, 0.2) is 0 Å². The third-order valence-electron chi connectivity index (χ3n) is 10.0. The lowest BCUT2D eigenvalue weighted by molar-refractivity contribution is 1.31. The minimum Gasteiger partial charge on any atom is -0.310 e. The van der Waals surface area contributed by atoms with E-state index in [4.69, 9.17) is 0 Å². The first-order valence-electron chi connectivity index (χ1n) is 17.1. The van der Waals surface area contributed by atoms with E-state index in [1.54, 1.807) is 0 Å². The fourth-order valence-electron chi connectivity index (χ4n) is 7.57. The molecule has 1 nitrogen and oxygen atoms in total. The van der Waals surface area contributed by atoms with Crippen molar-refractivity contribution in [1.29, 1.82) is 0 Å². The zero-order chi connectivity index (χ0) is 33.0. The molecule has 0 fully saturated rings. The summed E-state index contributed by atoms with van der Waals surface area (Å²) < 4.78 is 2.60. The van der Waals surface area contributed by atoms with Crippen LogP contribution < -0.4 is 4.90 Å². The van der Waals surface area contributed by atoms with Crippen LogP contribution in [0, 0.1) is 0 Å². The second kappa shape index (κ2) is 11.7. The first-order valence-corrected chi connectivity index (χ1v) is 17.9. The molecule has 0 saturated carbocycles. The molecule has 50 heavy (non-hydrogen) atoms. The zero-order valence-electron chi connectivity index (χ0n) is 27.3. The lowest BCUT2D eigenvalue weighted by Gasteiger charge is -2.27. The highest BCUT2D eigenvalue weighted by molar-refractivity contribution is 7.26. The molecule has 10 rings (SSSR count). The molecule has 1 aromatic heterocycles. The van der Waals surface area contributed by atoms with Gasteiger partial charge in [0.25, 0.3) is 0 Å². The molecule has 0 amide bonds. The second-order valence-electron chi connectivity index (χ2n) is 12.9. The van der Waals surface area contributed by atoms with E-state index >= 15 is 0 Å². The molecule has 0 N–H and O–H groups in total. The van der Waals surface area contributed by atoms with Crippen LogP contribution in [0.1, 0.15) is 0 Å². The van der Waals surface area contributed by atoms with Crippen LogP contribution >= 0.6 is 11.3 Å². The molecule has 0 bridgehead atoms. The highest BCUT2D eigenvalue weighted by atomic mass is 32.1. The predicted octanol–water partition coefficient (Wildman–Crippen LogP) is 14.3. The summed E-state index contributed by atoms with van der Waals surface area (Å²) in [5, 5.41) is 10.1. The van der Waals surface area contributed by atoms with E-state index in [-0.39, 0.29) is 0 Å². The summed E-state index contributed by atoms with van der Waals surface area (Å²) in [5.74, 6) is 0. The maximum absolute atomic E-state index is 2.46. The van der Waals surface area contributed by atoms with Gasteiger partial charge in [0.05, 0.1) is 5.69 Å². The minimum atomic E-state index is 1.12. The average Bonchev–Trinajstić information content (AvgIpc) is 3.58. The molecule has 1 heterocycles. The number of hydrogen-bond acceptors (Lipinski definition) is 2. The van der Waals surface area contributed by atoms with Crippen molar-refractivity contribution in [2.75, 3.05) is 4.90 Å². The van der Waals surface area contributed by atoms with Gasteiger partial charge in [0, 0.05) is 31.5 Å². The number of hydrogen-bond donors (Lipinski definition) is 0. The Bertz CT molecular complexity index is 2870. The van der Waals surface area contributed by atoms with E-state index in [0.29, 0.717) is 0 Å². The Morgan fingerprint density at radius 2 is 0.980 bits per heavy atom. The number of fused-ring (bicyclic) bond motifs is 7. The smallest absolute Gasteiger partial charge is 0.0555 e. The second-order valence-corrected chi connectivity index (χ2v) is 14.0. The normalized spacial score (nSPS) is 11.6. The van der Waals surface area contributed by atoms with Gasteiger partial charge in [0.1, 0.15) is 0 Å². The lowest BCUT2D eigenvalue weighted by Crippen LogP contribution is -2.10. The molecule has 0 spiro atoms. The van der Waals surface area contributed by atoms with Gasteiger partial charge in [0.2, 0.25) is 0 Å². The number of nitrogens with zero attached hydrogens (tertiary/aromatic N) is 1. The van der Waals surface area contributed by atoms with Crippen LogP contribution in [0.4, 0.5) is 17.1 Å². The Labute approximate surface area is 294 Å². The van der Waals surface area contributed by atoms with E-state index in [2.05, 4.69) is 193 Å². The summed E-state index contributed by atoms with van der Waals surface area (Å²) in [5.41, 5.74) is 8.36. The van der Waals surface area contributed by atoms with Crippen LogP contribution in [0.25, 0.3) is 74.7 Å². The number of anilines is 3. The predicted molar refractivity (Wildman–Crippen MR) is 217 cm³/mol. The summed E-state index contributed by atoms with van der Waals surface area (Å²) in [6.45, 7) is 0. The van der Waals surface area contributed by atoms with Crippen LogP contribution in [0.5, 0.6) is 0 Å². The zero-order valence-corrected chi connectivity index (χ0v) is 28.1. The molecule has 0 aliphatic heterocycles. The van der Waals surface area contributed by atoms with E-state index < -0.39 is 0 Å². The van der Waals surface area contributed by atoms with Crippen molar-refractivity contribution >= 4 is 80.9 Å². The Hall–Kier alpha value is -6.22. The average molecular weight is 654 g/mol. The molecule has 2 heteroatoms. The number of benzene rings is 9. The lowest BCUT2D eigenvalue weighted by atomic mass is 9.98. The monoisotopic (exact) mass is 653 g/mol. The minimum absolute atomic E-state index is 1.12. The van der Waals surface area contributed by atoms with Crippen molar-refractivity contribution < 1.29 is 0 Å². The highest BCUT2D eigenvalue weighted by Gasteiger charge is 2.21. The maximum Gasteiger partial charge on any atom is 0.0555 e. The summed E-state index contributed by atoms with van der Waals surface area (Å²) in [7, 11) is 0. The van der Waals surface area contributed by atoms with Gasteiger partial charge >= 0.3 is 0 Å². The summed E-state index contributed by atoms with van der Waals surface area (Å²) >= 11 is 1.88. The van der Waals surface area contributed by atoms with Crippen LogP contribution in [-0.4, -0.2) is 0 Å². The van der Waals surface area contributed by atoms with Crippen molar-refractivity contribution in [3.05, 3.63) is 188 Å². The Balaban J connectivity index is 1.22. The third kappa shape index (κ3) is 4.76. The molecular weight excluding hydrogens is 623 g/mol. The SMILES string of the molecule is c1ccc(-c2ccc(N(c3ccc(-c4ccc5ccccc5c4)cc3)c3ccc4ccc5ccccc5c4c3)c3c2sc2ccccc23)cc1. The van der Waals surface area contributed by atoms with Gasteiger partial charge in [-0.2, -0.15) is 0 Å². The molecule has 0 aliphatic rings. The Morgan fingerprint density at radius 3 is 1.82 bits per heavy atom. The number of rotatable bonds is 5. The molecular formula is C48H31NS. The summed E-state index contributed by atoms with van der Waals surface area (Å²) in [4.78, 5) is 2.46. The summed E-state index contributed by atoms with van der Waals surface area (Å²) in [6, 6.07) is 68.8. The topological polar surface area (TPSA) is 3.24 Å². The fraction of sp³-hybridized carbons (Fsp3) is 0. The Morgan fingerprint density at radius 1 is 0.360 bits per heavy atom. The number of thiophene rings is 1. The molecule has 9 aromatic carbocycles. The van der Waals surface area contributed by atoms with Crippen molar-refractivity contribution in [1.82, 2.24) is 0 Å². The highest BCUT2D eigenvalue weighted by Crippen LogP contribution is 2.49. The first kappa shape index (κ1) is 28.8. The third-order valence-corrected chi connectivity index (χ3v) is 11.2. The van der Waals surface area contributed by atoms with Crippen LogP contribution in [-0.2, 0) is 0 Å². The van der Waals surface area contributed by atoms with Gasteiger partial charge < -0.3 is 4.90 Å². The van der Waals surface area contributed by atoms with E-state index in [0.717, 1.165) is 11.4 Å². The van der Waals surface area contributed by atoms with Crippen LogP contribution in [0.2, 0.25) is 0 Å². The maximum atomic E-state index is 2.46. The largest absolute Gasteiger partial charge is 0.310 e. The van der Waals surface area contributed by atoms with Crippen molar-refractivity contribution in [3.8, 4) is 22.3 Å². The molecule has 0 aliphatic carbocycles. The first-order chi connectivity index (χ1) is 24.8. The van der Waals surface area contributed by atoms with Gasteiger partial charge in [-0.1, -0.05) is 146 Å². The van der Waals surface area contributed by atoms with Gasteiger partial charge in [-0.05, 0) is 97.0 Å². The molecule has 234 valence electrons. The van der Waals surface area contributed by atoms with E-state index in [1.165, 1.54) is 80.4 Å². The molecule has 0 saturated heterocycles. The summed E-state index contributed by atoms with van der Waals surface area (Å²) in [6.07, 6.45) is 0. The van der Waals surface area contributed by atoms with Gasteiger partial charge in [-0.25, -0.2) is 0 Å². The van der Waals surface area contributed by atoms with Crippen LogP contribution in [0.15, 0.2) is 188 Å². The van der Waals surface area contributed by atoms with Gasteiger partial charge in [-0.15, -0.1) is 11.3 Å². The molecule has 0 unspecified atom stereocenters. The van der Waals surface area contributed by atoms with Gasteiger partial charge in [-0.3, -0.25) is 0 Å².